The number of nitriles is 1. The van der Waals surface area contributed by atoms with Crippen molar-refractivity contribution in [3.63, 3.8) is 0 Å². The van der Waals surface area contributed by atoms with Crippen LogP contribution in [0.15, 0.2) is 60.2 Å². The molecule has 6 heteroatoms. The van der Waals surface area contributed by atoms with Crippen LogP contribution in [-0.2, 0) is 11.3 Å². The zero-order valence-corrected chi connectivity index (χ0v) is 13.5. The van der Waals surface area contributed by atoms with Crippen LogP contribution in [0.4, 0.5) is 0 Å². The standard InChI is InChI=1S/C18H14N4OS/c19-9-15(17(23)21-11-13-5-4-8-20-10-13)18-22-16(12-24-18)14-6-2-1-3-7-14/h1-8,10,12,15H,11H2,(H,21,23). The minimum atomic E-state index is -0.913. The minimum absolute atomic E-state index is 0.335. The van der Waals surface area contributed by atoms with E-state index in [2.05, 4.69) is 15.3 Å². The monoisotopic (exact) mass is 334 g/mol. The summed E-state index contributed by atoms with van der Waals surface area (Å²) in [7, 11) is 0. The van der Waals surface area contributed by atoms with Crippen molar-refractivity contribution in [2.24, 2.45) is 0 Å². The average Bonchev–Trinajstić information content (AvgIpc) is 3.12. The molecule has 24 heavy (non-hydrogen) atoms. The fourth-order valence-electron chi connectivity index (χ4n) is 2.18. The fraction of sp³-hybridized carbons (Fsp3) is 0.111. The number of nitrogens with zero attached hydrogens (tertiary/aromatic N) is 3. The number of nitrogens with one attached hydrogen (secondary N) is 1. The zero-order chi connectivity index (χ0) is 16.8. The third-order valence-electron chi connectivity index (χ3n) is 3.42. The number of thiazole rings is 1. The van der Waals surface area contributed by atoms with Crippen molar-refractivity contribution >= 4 is 17.2 Å². The van der Waals surface area contributed by atoms with Gasteiger partial charge in [0.1, 0.15) is 5.01 Å². The number of aromatic nitrogens is 2. The second-order valence-corrected chi connectivity index (χ2v) is 5.97. The molecule has 0 fully saturated rings. The Bertz CT molecular complexity index is 855. The summed E-state index contributed by atoms with van der Waals surface area (Å²) < 4.78 is 0. The van der Waals surface area contributed by atoms with Gasteiger partial charge in [0.05, 0.1) is 11.8 Å². The first-order valence-corrected chi connectivity index (χ1v) is 8.23. The van der Waals surface area contributed by atoms with Gasteiger partial charge in [0, 0.05) is 29.9 Å². The summed E-state index contributed by atoms with van der Waals surface area (Å²) in [6.07, 6.45) is 3.35. The largest absolute Gasteiger partial charge is 0.350 e. The van der Waals surface area contributed by atoms with Gasteiger partial charge in [0.2, 0.25) is 5.91 Å². The van der Waals surface area contributed by atoms with E-state index in [4.69, 9.17) is 0 Å². The molecule has 0 spiro atoms. The zero-order valence-electron chi connectivity index (χ0n) is 12.7. The summed E-state index contributed by atoms with van der Waals surface area (Å²) in [5, 5.41) is 14.5. The molecule has 0 radical (unpaired) electrons. The Kier molecular flexibility index (Phi) is 4.94. The van der Waals surface area contributed by atoms with Crippen LogP contribution < -0.4 is 5.32 Å². The molecule has 3 aromatic rings. The van der Waals surface area contributed by atoms with E-state index < -0.39 is 5.92 Å². The predicted molar refractivity (Wildman–Crippen MR) is 92.0 cm³/mol. The maximum absolute atomic E-state index is 12.3. The minimum Gasteiger partial charge on any atom is -0.350 e. The van der Waals surface area contributed by atoms with Gasteiger partial charge in [-0.2, -0.15) is 5.26 Å². The number of hydrogen-bond donors (Lipinski definition) is 1. The molecule has 0 saturated carbocycles. The highest BCUT2D eigenvalue weighted by molar-refractivity contribution is 7.10. The maximum Gasteiger partial charge on any atom is 0.244 e. The van der Waals surface area contributed by atoms with Crippen LogP contribution in [0, 0.1) is 11.3 Å². The van der Waals surface area contributed by atoms with E-state index in [-0.39, 0.29) is 5.91 Å². The number of rotatable bonds is 5. The smallest absolute Gasteiger partial charge is 0.244 e. The lowest BCUT2D eigenvalue weighted by Crippen LogP contribution is -2.28. The van der Waals surface area contributed by atoms with Crippen molar-refractivity contribution in [3.05, 3.63) is 70.8 Å². The first kappa shape index (κ1) is 15.8. The molecule has 2 heterocycles. The van der Waals surface area contributed by atoms with E-state index in [1.54, 1.807) is 18.5 Å². The average molecular weight is 334 g/mol. The normalized spacial score (nSPS) is 11.5. The van der Waals surface area contributed by atoms with Gasteiger partial charge >= 0.3 is 0 Å². The van der Waals surface area contributed by atoms with Crippen LogP contribution in [0.5, 0.6) is 0 Å². The van der Waals surface area contributed by atoms with Crippen LogP contribution in [-0.4, -0.2) is 15.9 Å². The van der Waals surface area contributed by atoms with Gasteiger partial charge in [-0.15, -0.1) is 11.3 Å². The first-order valence-electron chi connectivity index (χ1n) is 7.35. The Morgan fingerprint density at radius 1 is 1.25 bits per heavy atom. The highest BCUT2D eigenvalue weighted by Gasteiger charge is 2.23. The van der Waals surface area contributed by atoms with E-state index >= 15 is 0 Å². The Morgan fingerprint density at radius 3 is 2.79 bits per heavy atom. The van der Waals surface area contributed by atoms with Crippen LogP contribution in [0.25, 0.3) is 11.3 Å². The van der Waals surface area contributed by atoms with Gasteiger partial charge < -0.3 is 5.32 Å². The molecule has 1 aromatic carbocycles. The first-order chi connectivity index (χ1) is 11.8. The molecule has 0 aliphatic carbocycles. The summed E-state index contributed by atoms with van der Waals surface area (Å²) in [4.78, 5) is 20.8. The van der Waals surface area contributed by atoms with E-state index in [9.17, 15) is 10.1 Å². The number of carbonyl (C=O) groups is 1. The molecule has 0 aliphatic rings. The molecule has 1 atom stereocenters. The lowest BCUT2D eigenvalue weighted by atomic mass is 10.1. The lowest BCUT2D eigenvalue weighted by Gasteiger charge is -2.08. The van der Waals surface area contributed by atoms with E-state index in [1.807, 2.05) is 47.8 Å². The predicted octanol–water partition coefficient (Wildman–Crippen LogP) is 3.13. The van der Waals surface area contributed by atoms with Crippen molar-refractivity contribution in [3.8, 4) is 17.3 Å². The Labute approximate surface area is 143 Å². The molecule has 3 rings (SSSR count). The van der Waals surface area contributed by atoms with Gasteiger partial charge in [-0.25, -0.2) is 4.98 Å². The summed E-state index contributed by atoms with van der Waals surface area (Å²) in [6.45, 7) is 0.335. The van der Waals surface area contributed by atoms with Crippen LogP contribution in [0.1, 0.15) is 16.5 Å². The van der Waals surface area contributed by atoms with Gasteiger partial charge in [-0.05, 0) is 11.6 Å². The Morgan fingerprint density at radius 2 is 2.08 bits per heavy atom. The van der Waals surface area contributed by atoms with Crippen LogP contribution in [0.3, 0.4) is 0 Å². The highest BCUT2D eigenvalue weighted by atomic mass is 32.1. The van der Waals surface area contributed by atoms with E-state index in [0.717, 1.165) is 16.8 Å². The van der Waals surface area contributed by atoms with Crippen molar-refractivity contribution in [2.45, 2.75) is 12.5 Å². The SMILES string of the molecule is N#CC(C(=O)NCc1cccnc1)c1nc(-c2ccccc2)cs1. The van der Waals surface area contributed by atoms with E-state index in [1.165, 1.54) is 11.3 Å². The number of hydrogen-bond acceptors (Lipinski definition) is 5. The lowest BCUT2D eigenvalue weighted by molar-refractivity contribution is -0.121. The molecule has 0 bridgehead atoms. The molecule has 2 aromatic heterocycles. The molecule has 5 nitrogen and oxygen atoms in total. The molecule has 1 amide bonds. The van der Waals surface area contributed by atoms with Gasteiger partial charge in [-0.1, -0.05) is 36.4 Å². The molecule has 118 valence electrons. The highest BCUT2D eigenvalue weighted by Crippen LogP contribution is 2.26. The van der Waals surface area contributed by atoms with Crippen molar-refractivity contribution in [1.29, 1.82) is 5.26 Å². The Balaban J connectivity index is 1.71. The van der Waals surface area contributed by atoms with Gasteiger partial charge in [-0.3, -0.25) is 9.78 Å². The molecule has 1 N–H and O–H groups in total. The molecule has 0 saturated heterocycles. The molecular formula is C18H14N4OS. The summed E-state index contributed by atoms with van der Waals surface area (Å²) in [6, 6.07) is 15.4. The second-order valence-electron chi connectivity index (χ2n) is 5.08. The summed E-state index contributed by atoms with van der Waals surface area (Å²) >= 11 is 1.32. The number of pyridine rings is 1. The fourth-order valence-corrected chi connectivity index (χ4v) is 3.05. The number of benzene rings is 1. The summed E-state index contributed by atoms with van der Waals surface area (Å²) in [5.74, 6) is -1.26. The number of amides is 1. The maximum atomic E-state index is 12.3. The number of carbonyl (C=O) groups excluding carboxylic acids is 1. The molecule has 1 unspecified atom stereocenters. The Hall–Kier alpha value is -3.04. The van der Waals surface area contributed by atoms with Crippen molar-refractivity contribution < 1.29 is 4.79 Å². The van der Waals surface area contributed by atoms with Crippen LogP contribution in [0.2, 0.25) is 0 Å². The van der Waals surface area contributed by atoms with Crippen molar-refractivity contribution in [1.82, 2.24) is 15.3 Å². The van der Waals surface area contributed by atoms with E-state index in [0.29, 0.717) is 11.6 Å². The van der Waals surface area contributed by atoms with Gasteiger partial charge in [0.25, 0.3) is 0 Å². The quantitative estimate of drug-likeness (QED) is 0.777. The third kappa shape index (κ3) is 3.65. The second kappa shape index (κ2) is 7.49. The molecule has 0 aliphatic heterocycles. The topological polar surface area (TPSA) is 78.7 Å². The molecular weight excluding hydrogens is 320 g/mol. The third-order valence-corrected chi connectivity index (χ3v) is 4.33. The van der Waals surface area contributed by atoms with Crippen LogP contribution >= 0.6 is 11.3 Å². The van der Waals surface area contributed by atoms with Gasteiger partial charge in [0.15, 0.2) is 5.92 Å². The van der Waals surface area contributed by atoms with Crippen molar-refractivity contribution in [2.75, 3.05) is 0 Å². The summed E-state index contributed by atoms with van der Waals surface area (Å²) in [5.41, 5.74) is 2.62.